The van der Waals surface area contributed by atoms with E-state index in [4.69, 9.17) is 11.6 Å². The van der Waals surface area contributed by atoms with Crippen molar-refractivity contribution in [3.8, 4) is 0 Å². The zero-order chi connectivity index (χ0) is 12.3. The number of hydrogen-bond acceptors (Lipinski definition) is 6. The molecule has 0 spiro atoms. The largest absolute Gasteiger partial charge is 0.462 e. The lowest BCUT2D eigenvalue weighted by atomic mass is 10.3. The van der Waals surface area contributed by atoms with Gasteiger partial charge in [-0.1, -0.05) is 11.6 Å². The summed E-state index contributed by atoms with van der Waals surface area (Å²) in [5.41, 5.74) is -0.0593. The number of esters is 1. The zero-order valence-corrected chi connectivity index (χ0v) is 10.2. The maximum atomic E-state index is 11.3. The van der Waals surface area contributed by atoms with Crippen LogP contribution in [0.1, 0.15) is 17.3 Å². The number of hydrogen-bond donors (Lipinski definition) is 0. The Morgan fingerprint density at radius 1 is 1.56 bits per heavy atom. The molecule has 1 aromatic heterocycles. The standard InChI is InChI=1S/C8H9ClN2O4S/c1-3-15-7(12)5-4-10-8(11-6(5)9)16(2,13)14/h4H,3H2,1-2H3. The number of nitrogens with zero attached hydrogens (tertiary/aromatic N) is 2. The molecular formula is C8H9ClN2O4S. The summed E-state index contributed by atoms with van der Waals surface area (Å²) in [5, 5.41) is -0.667. The van der Waals surface area contributed by atoms with Crippen molar-refractivity contribution in [1.29, 1.82) is 0 Å². The number of sulfone groups is 1. The molecule has 0 saturated heterocycles. The molecule has 0 radical (unpaired) electrons. The molecule has 0 amide bonds. The van der Waals surface area contributed by atoms with Crippen LogP contribution in [0, 0.1) is 0 Å². The van der Waals surface area contributed by atoms with Crippen LogP contribution in [0.5, 0.6) is 0 Å². The molecule has 0 aliphatic rings. The molecule has 1 rings (SSSR count). The van der Waals surface area contributed by atoms with Crippen molar-refractivity contribution >= 4 is 27.4 Å². The van der Waals surface area contributed by atoms with Gasteiger partial charge < -0.3 is 4.74 Å². The van der Waals surface area contributed by atoms with E-state index >= 15 is 0 Å². The number of halogens is 1. The molecule has 0 aliphatic heterocycles. The van der Waals surface area contributed by atoms with Crippen LogP contribution in [0.25, 0.3) is 0 Å². The topological polar surface area (TPSA) is 86.2 Å². The lowest BCUT2D eigenvalue weighted by molar-refractivity contribution is 0.0525. The van der Waals surface area contributed by atoms with E-state index in [0.717, 1.165) is 12.5 Å². The Labute approximate surface area is 97.5 Å². The molecule has 1 aromatic rings. The average molecular weight is 265 g/mol. The van der Waals surface area contributed by atoms with Crippen molar-refractivity contribution in [2.75, 3.05) is 12.9 Å². The third-order valence-electron chi connectivity index (χ3n) is 1.55. The Morgan fingerprint density at radius 2 is 2.19 bits per heavy atom. The molecule has 1 heterocycles. The first kappa shape index (κ1) is 12.9. The van der Waals surface area contributed by atoms with E-state index < -0.39 is 21.0 Å². The fraction of sp³-hybridized carbons (Fsp3) is 0.375. The highest BCUT2D eigenvalue weighted by atomic mass is 35.5. The normalized spacial score (nSPS) is 11.2. The summed E-state index contributed by atoms with van der Waals surface area (Å²) in [5.74, 6) is -0.687. The van der Waals surface area contributed by atoms with Crippen LogP contribution >= 0.6 is 11.6 Å². The van der Waals surface area contributed by atoms with E-state index in [-0.39, 0.29) is 17.3 Å². The highest BCUT2D eigenvalue weighted by Crippen LogP contribution is 2.15. The molecular weight excluding hydrogens is 256 g/mol. The maximum absolute atomic E-state index is 11.3. The van der Waals surface area contributed by atoms with E-state index in [1.807, 2.05) is 0 Å². The van der Waals surface area contributed by atoms with E-state index in [2.05, 4.69) is 14.7 Å². The van der Waals surface area contributed by atoms with Gasteiger partial charge in [-0.25, -0.2) is 23.2 Å². The maximum Gasteiger partial charge on any atom is 0.342 e. The van der Waals surface area contributed by atoms with Crippen LogP contribution in [0.3, 0.4) is 0 Å². The van der Waals surface area contributed by atoms with E-state index in [0.29, 0.717) is 0 Å². The molecule has 0 fully saturated rings. The summed E-state index contributed by atoms with van der Waals surface area (Å²) in [4.78, 5) is 18.3. The molecule has 0 saturated carbocycles. The predicted molar refractivity (Wildman–Crippen MR) is 56.1 cm³/mol. The lowest BCUT2D eigenvalue weighted by Gasteiger charge is -2.03. The average Bonchev–Trinajstić information content (AvgIpc) is 2.16. The quantitative estimate of drug-likeness (QED) is 0.454. The van der Waals surface area contributed by atoms with E-state index in [1.165, 1.54) is 0 Å². The van der Waals surface area contributed by atoms with Gasteiger partial charge >= 0.3 is 5.97 Å². The van der Waals surface area contributed by atoms with Gasteiger partial charge in [0.1, 0.15) is 10.7 Å². The molecule has 16 heavy (non-hydrogen) atoms. The van der Waals surface area contributed by atoms with E-state index in [9.17, 15) is 13.2 Å². The minimum absolute atomic E-state index is 0.0593. The first-order valence-corrected chi connectivity index (χ1v) is 6.53. The summed E-state index contributed by atoms with van der Waals surface area (Å²) < 4.78 is 26.9. The summed E-state index contributed by atoms with van der Waals surface area (Å²) >= 11 is 5.65. The summed E-state index contributed by atoms with van der Waals surface area (Å²) in [7, 11) is -3.54. The second-order valence-corrected chi connectivity index (χ2v) is 5.12. The summed E-state index contributed by atoms with van der Waals surface area (Å²) in [6.45, 7) is 1.82. The Balaban J connectivity index is 3.15. The Bertz CT molecular complexity index is 515. The first-order valence-electron chi connectivity index (χ1n) is 4.26. The van der Waals surface area contributed by atoms with Gasteiger partial charge in [-0.15, -0.1) is 0 Å². The lowest BCUT2D eigenvalue weighted by Crippen LogP contribution is -2.10. The predicted octanol–water partition coefficient (Wildman–Crippen LogP) is 0.710. The number of carbonyl (C=O) groups excluding carboxylic acids is 1. The number of rotatable bonds is 3. The highest BCUT2D eigenvalue weighted by molar-refractivity contribution is 7.90. The summed E-state index contributed by atoms with van der Waals surface area (Å²) in [6, 6.07) is 0. The molecule has 0 unspecified atom stereocenters. The molecule has 6 nitrogen and oxygen atoms in total. The van der Waals surface area contributed by atoms with Gasteiger partial charge in [0.15, 0.2) is 0 Å². The minimum Gasteiger partial charge on any atom is -0.462 e. The number of carbonyl (C=O) groups is 1. The zero-order valence-electron chi connectivity index (χ0n) is 8.60. The van der Waals surface area contributed by atoms with Crippen LogP contribution in [0.2, 0.25) is 5.15 Å². The van der Waals surface area contributed by atoms with Crippen molar-refractivity contribution in [3.63, 3.8) is 0 Å². The Hall–Kier alpha value is -1.21. The third-order valence-corrected chi connectivity index (χ3v) is 2.70. The minimum atomic E-state index is -3.54. The smallest absolute Gasteiger partial charge is 0.342 e. The molecule has 0 aliphatic carbocycles. The van der Waals surface area contributed by atoms with Gasteiger partial charge in [-0.2, -0.15) is 0 Å². The fourth-order valence-electron chi connectivity index (χ4n) is 0.871. The van der Waals surface area contributed by atoms with E-state index in [1.54, 1.807) is 6.92 Å². The van der Waals surface area contributed by atoms with Crippen LogP contribution in [0.4, 0.5) is 0 Å². The van der Waals surface area contributed by atoms with Crippen LogP contribution in [-0.4, -0.2) is 37.2 Å². The second-order valence-electron chi connectivity index (χ2n) is 2.85. The van der Waals surface area contributed by atoms with Gasteiger partial charge in [0.05, 0.1) is 6.61 Å². The molecule has 88 valence electrons. The van der Waals surface area contributed by atoms with Gasteiger partial charge in [-0.3, -0.25) is 0 Å². The van der Waals surface area contributed by atoms with Gasteiger partial charge in [0.2, 0.25) is 15.0 Å². The van der Waals surface area contributed by atoms with Crippen molar-refractivity contribution in [2.45, 2.75) is 12.1 Å². The molecule has 0 bridgehead atoms. The number of aromatic nitrogens is 2. The third kappa shape index (κ3) is 2.89. The Morgan fingerprint density at radius 3 is 2.62 bits per heavy atom. The van der Waals surface area contributed by atoms with Crippen LogP contribution < -0.4 is 0 Å². The monoisotopic (exact) mass is 264 g/mol. The van der Waals surface area contributed by atoms with Crippen LogP contribution in [-0.2, 0) is 14.6 Å². The SMILES string of the molecule is CCOC(=O)c1cnc(S(C)(=O)=O)nc1Cl. The van der Waals surface area contributed by atoms with Crippen molar-refractivity contribution in [2.24, 2.45) is 0 Å². The van der Waals surface area contributed by atoms with Gasteiger partial charge in [0, 0.05) is 12.5 Å². The molecule has 0 atom stereocenters. The first-order chi connectivity index (χ1) is 7.36. The van der Waals surface area contributed by atoms with Crippen molar-refractivity contribution in [1.82, 2.24) is 9.97 Å². The highest BCUT2D eigenvalue weighted by Gasteiger charge is 2.18. The summed E-state index contributed by atoms with van der Waals surface area (Å²) in [6.07, 6.45) is 1.98. The number of ether oxygens (including phenoxy) is 1. The molecule has 0 N–H and O–H groups in total. The second kappa shape index (κ2) is 4.75. The van der Waals surface area contributed by atoms with Gasteiger partial charge in [0.25, 0.3) is 0 Å². The van der Waals surface area contributed by atoms with Crippen LogP contribution in [0.15, 0.2) is 11.4 Å². The fourth-order valence-corrected chi connectivity index (χ4v) is 1.63. The van der Waals surface area contributed by atoms with Crippen molar-refractivity contribution in [3.05, 3.63) is 16.9 Å². The van der Waals surface area contributed by atoms with Crippen molar-refractivity contribution < 1.29 is 17.9 Å². The molecule has 0 aromatic carbocycles. The molecule has 8 heteroatoms. The Kier molecular flexibility index (Phi) is 3.82. The van der Waals surface area contributed by atoms with Gasteiger partial charge in [-0.05, 0) is 6.92 Å².